The molecule has 8 heteroatoms. The maximum atomic E-state index is 13.7. The number of sulfonamides is 1. The Morgan fingerprint density at radius 2 is 2.00 bits per heavy atom. The molecule has 1 heterocycles. The first-order valence-electron chi connectivity index (χ1n) is 7.89. The first kappa shape index (κ1) is 18.8. The third-order valence-electron chi connectivity index (χ3n) is 3.98. The molecule has 1 amide bonds. The summed E-state index contributed by atoms with van der Waals surface area (Å²) in [5, 5.41) is 0. The zero-order chi connectivity index (χ0) is 17.9. The van der Waals surface area contributed by atoms with Gasteiger partial charge in [-0.25, -0.2) is 12.8 Å². The van der Waals surface area contributed by atoms with Crippen molar-refractivity contribution in [1.29, 1.82) is 0 Å². The number of rotatable bonds is 5. The van der Waals surface area contributed by atoms with E-state index in [2.05, 4.69) is 4.72 Å². The molecule has 0 aromatic heterocycles. The number of hydrogen-bond donors (Lipinski definition) is 1. The van der Waals surface area contributed by atoms with Crippen molar-refractivity contribution in [3.05, 3.63) is 30.1 Å². The normalized spacial score (nSPS) is 20.2. The minimum Gasteiger partial charge on any atom is -0.374 e. The second-order valence-electron chi connectivity index (χ2n) is 6.21. The Labute approximate surface area is 142 Å². The minimum atomic E-state index is -4.11. The molecule has 0 radical (unpaired) electrons. The lowest BCUT2D eigenvalue weighted by Gasteiger charge is -2.36. The molecular formula is C16H23FN2O4S. The summed E-state index contributed by atoms with van der Waals surface area (Å²) >= 11 is 0. The van der Waals surface area contributed by atoms with Crippen LogP contribution >= 0.6 is 0 Å². The monoisotopic (exact) mass is 358 g/mol. The van der Waals surface area contributed by atoms with Crippen LogP contribution in [0.4, 0.5) is 4.39 Å². The number of carbonyl (C=O) groups excluding carboxylic acids is 1. The highest BCUT2D eigenvalue weighted by atomic mass is 32.2. The van der Waals surface area contributed by atoms with E-state index < -0.39 is 26.8 Å². The quantitative estimate of drug-likeness (QED) is 0.863. The molecule has 1 aliphatic rings. The zero-order valence-electron chi connectivity index (χ0n) is 14.0. The summed E-state index contributed by atoms with van der Waals surface area (Å²) in [6.07, 6.45) is -0.0712. The zero-order valence-corrected chi connectivity index (χ0v) is 14.8. The third-order valence-corrected chi connectivity index (χ3v) is 5.55. The highest BCUT2D eigenvalue weighted by Gasteiger charge is 2.31. The first-order chi connectivity index (χ1) is 11.2. The number of morpholine rings is 1. The minimum absolute atomic E-state index is 0.0712. The number of nitrogens with zero attached hydrogens (tertiary/aromatic N) is 1. The van der Waals surface area contributed by atoms with Gasteiger partial charge in [0.1, 0.15) is 10.7 Å². The van der Waals surface area contributed by atoms with E-state index in [4.69, 9.17) is 4.74 Å². The molecule has 1 aromatic carbocycles. The summed E-state index contributed by atoms with van der Waals surface area (Å²) in [6.45, 7) is 6.71. The van der Waals surface area contributed by atoms with E-state index in [1.807, 2.05) is 13.8 Å². The van der Waals surface area contributed by atoms with Crippen molar-refractivity contribution >= 4 is 15.9 Å². The smallest absolute Gasteiger partial charge is 0.244 e. The van der Waals surface area contributed by atoms with E-state index in [9.17, 15) is 17.6 Å². The molecule has 0 bridgehead atoms. The molecule has 0 spiro atoms. The second kappa shape index (κ2) is 7.58. The topological polar surface area (TPSA) is 75.7 Å². The highest BCUT2D eigenvalue weighted by Crippen LogP contribution is 2.16. The predicted octanol–water partition coefficient (Wildman–Crippen LogP) is 1.38. The Hall–Kier alpha value is -1.51. The van der Waals surface area contributed by atoms with E-state index in [0.29, 0.717) is 19.7 Å². The van der Waals surface area contributed by atoms with Crippen LogP contribution in [0.15, 0.2) is 29.2 Å². The third kappa shape index (κ3) is 4.31. The number of hydrogen-bond acceptors (Lipinski definition) is 4. The van der Waals surface area contributed by atoms with Gasteiger partial charge in [-0.2, -0.15) is 4.72 Å². The van der Waals surface area contributed by atoms with Crippen molar-refractivity contribution in [2.75, 3.05) is 19.7 Å². The van der Waals surface area contributed by atoms with Gasteiger partial charge in [-0.15, -0.1) is 0 Å². The lowest BCUT2D eigenvalue weighted by Crippen LogP contribution is -2.53. The van der Waals surface area contributed by atoms with Gasteiger partial charge in [0.05, 0.1) is 18.8 Å². The van der Waals surface area contributed by atoms with Gasteiger partial charge in [0, 0.05) is 13.1 Å². The average Bonchev–Trinajstić information content (AvgIpc) is 2.54. The Bertz CT molecular complexity index is 693. The summed E-state index contributed by atoms with van der Waals surface area (Å²) in [5.41, 5.74) is 0. The van der Waals surface area contributed by atoms with Gasteiger partial charge in [-0.05, 0) is 25.0 Å². The van der Waals surface area contributed by atoms with Crippen molar-refractivity contribution in [1.82, 2.24) is 9.62 Å². The lowest BCUT2D eigenvalue weighted by atomic mass is 10.1. The Morgan fingerprint density at radius 1 is 1.33 bits per heavy atom. The number of benzene rings is 1. The molecule has 1 fully saturated rings. The second-order valence-corrected chi connectivity index (χ2v) is 7.89. The van der Waals surface area contributed by atoms with Crippen molar-refractivity contribution < 1.29 is 22.3 Å². The van der Waals surface area contributed by atoms with Crippen molar-refractivity contribution in [2.45, 2.75) is 37.8 Å². The lowest BCUT2D eigenvalue weighted by molar-refractivity contribution is -0.141. The van der Waals surface area contributed by atoms with Crippen LogP contribution in [0.1, 0.15) is 20.8 Å². The van der Waals surface area contributed by atoms with Gasteiger partial charge in [0.25, 0.3) is 0 Å². The van der Waals surface area contributed by atoms with Crippen LogP contribution in [0.2, 0.25) is 0 Å². The van der Waals surface area contributed by atoms with Crippen LogP contribution in [0.5, 0.6) is 0 Å². The predicted molar refractivity (Wildman–Crippen MR) is 87.3 cm³/mol. The molecule has 134 valence electrons. The van der Waals surface area contributed by atoms with Gasteiger partial charge in [0.15, 0.2) is 0 Å². The van der Waals surface area contributed by atoms with Gasteiger partial charge in [0.2, 0.25) is 15.9 Å². The molecule has 2 atom stereocenters. The van der Waals surface area contributed by atoms with Crippen LogP contribution in [-0.4, -0.2) is 51.1 Å². The van der Waals surface area contributed by atoms with Crippen LogP contribution in [-0.2, 0) is 19.6 Å². The van der Waals surface area contributed by atoms with Crippen LogP contribution in [0, 0.1) is 11.7 Å². The van der Waals surface area contributed by atoms with Crippen molar-refractivity contribution in [3.63, 3.8) is 0 Å². The SMILES string of the molecule is CC(C)[C@H]1CN(C(=O)[C@H](C)NS(=O)(=O)c2ccccc2F)CCO1. The molecule has 1 saturated heterocycles. The van der Waals surface area contributed by atoms with Gasteiger partial charge in [-0.3, -0.25) is 4.79 Å². The maximum Gasteiger partial charge on any atom is 0.244 e. The van der Waals surface area contributed by atoms with E-state index in [-0.39, 0.29) is 17.9 Å². The van der Waals surface area contributed by atoms with Crippen LogP contribution < -0.4 is 4.72 Å². The number of ether oxygens (including phenoxy) is 1. The Balaban J connectivity index is 2.07. The molecule has 1 aromatic rings. The summed E-state index contributed by atoms with van der Waals surface area (Å²) < 4.78 is 46.1. The molecule has 24 heavy (non-hydrogen) atoms. The fourth-order valence-corrected chi connectivity index (χ4v) is 3.84. The standard InChI is InChI=1S/C16H23FN2O4S/c1-11(2)14-10-19(8-9-23-14)16(20)12(3)18-24(21,22)15-7-5-4-6-13(15)17/h4-7,11-12,14,18H,8-10H2,1-3H3/t12-,14+/m0/s1. The molecule has 0 aliphatic carbocycles. The maximum absolute atomic E-state index is 13.7. The van der Waals surface area contributed by atoms with Gasteiger partial charge in [-0.1, -0.05) is 26.0 Å². The van der Waals surface area contributed by atoms with Crippen LogP contribution in [0.25, 0.3) is 0 Å². The van der Waals surface area contributed by atoms with Gasteiger partial charge < -0.3 is 9.64 Å². The average molecular weight is 358 g/mol. The first-order valence-corrected chi connectivity index (χ1v) is 9.38. The molecule has 0 saturated carbocycles. The summed E-state index contributed by atoms with van der Waals surface area (Å²) in [4.78, 5) is 13.6. The molecular weight excluding hydrogens is 335 g/mol. The number of carbonyl (C=O) groups is 1. The summed E-state index contributed by atoms with van der Waals surface area (Å²) in [6, 6.07) is 4.08. The fraction of sp³-hybridized carbons (Fsp3) is 0.562. The Kier molecular flexibility index (Phi) is 5.95. The number of nitrogens with one attached hydrogen (secondary N) is 1. The molecule has 1 aliphatic heterocycles. The largest absolute Gasteiger partial charge is 0.374 e. The van der Waals surface area contributed by atoms with Crippen LogP contribution in [0.3, 0.4) is 0 Å². The van der Waals surface area contributed by atoms with Gasteiger partial charge >= 0.3 is 0 Å². The number of amides is 1. The molecule has 2 rings (SSSR count). The Morgan fingerprint density at radius 3 is 2.62 bits per heavy atom. The van der Waals surface area contributed by atoms with E-state index in [1.54, 1.807) is 4.90 Å². The van der Waals surface area contributed by atoms with E-state index in [1.165, 1.54) is 25.1 Å². The highest BCUT2D eigenvalue weighted by molar-refractivity contribution is 7.89. The number of halogens is 1. The summed E-state index contributed by atoms with van der Waals surface area (Å²) in [7, 11) is -4.11. The summed E-state index contributed by atoms with van der Waals surface area (Å²) in [5.74, 6) is -0.939. The molecule has 0 unspecified atom stereocenters. The fourth-order valence-electron chi connectivity index (χ4n) is 2.56. The van der Waals surface area contributed by atoms with Crippen molar-refractivity contribution in [3.8, 4) is 0 Å². The molecule has 1 N–H and O–H groups in total. The van der Waals surface area contributed by atoms with Crippen molar-refractivity contribution in [2.24, 2.45) is 5.92 Å². The van der Waals surface area contributed by atoms with E-state index >= 15 is 0 Å². The molecule has 6 nitrogen and oxygen atoms in total. The van der Waals surface area contributed by atoms with E-state index in [0.717, 1.165) is 6.07 Å².